The van der Waals surface area contributed by atoms with Gasteiger partial charge >= 0.3 is 6.03 Å². The van der Waals surface area contributed by atoms with Crippen molar-refractivity contribution in [2.75, 3.05) is 36.8 Å². The summed E-state index contributed by atoms with van der Waals surface area (Å²) in [7, 11) is 0. The number of carbonyl (C=O) groups excluding carboxylic acids is 2. The minimum Gasteiger partial charge on any atom is -0.397 e. The predicted octanol–water partition coefficient (Wildman–Crippen LogP) is 1.04. The van der Waals surface area contributed by atoms with Crippen LogP contribution in [-0.4, -0.2) is 43.0 Å². The van der Waals surface area contributed by atoms with Gasteiger partial charge in [-0.25, -0.2) is 4.79 Å². The van der Waals surface area contributed by atoms with E-state index in [1.165, 1.54) is 12.8 Å². The number of amides is 3. The van der Waals surface area contributed by atoms with Crippen LogP contribution in [0.4, 0.5) is 16.2 Å². The Hall–Kier alpha value is -2.24. The van der Waals surface area contributed by atoms with Crippen LogP contribution in [0.25, 0.3) is 0 Å². The zero-order valence-corrected chi connectivity index (χ0v) is 11.9. The SMILES string of the molecule is Nc1ccccc1N1CCN(CC(=O)NCC2CC2)C1=O. The maximum atomic E-state index is 12.4. The van der Waals surface area contributed by atoms with E-state index in [4.69, 9.17) is 5.73 Å². The lowest BCUT2D eigenvalue weighted by Crippen LogP contribution is -2.40. The number of para-hydroxylation sites is 2. The van der Waals surface area contributed by atoms with E-state index < -0.39 is 0 Å². The molecule has 1 aromatic carbocycles. The maximum Gasteiger partial charge on any atom is 0.325 e. The summed E-state index contributed by atoms with van der Waals surface area (Å²) in [6.07, 6.45) is 2.40. The third-order valence-electron chi connectivity index (χ3n) is 3.94. The molecule has 0 aromatic heterocycles. The molecule has 0 bridgehead atoms. The summed E-state index contributed by atoms with van der Waals surface area (Å²) in [5.41, 5.74) is 7.19. The lowest BCUT2D eigenvalue weighted by atomic mass is 10.2. The molecule has 3 N–H and O–H groups in total. The van der Waals surface area contributed by atoms with Crippen LogP contribution in [0, 0.1) is 5.92 Å². The van der Waals surface area contributed by atoms with E-state index in [1.807, 2.05) is 18.2 Å². The molecule has 6 nitrogen and oxygen atoms in total. The summed E-state index contributed by atoms with van der Waals surface area (Å²) < 4.78 is 0. The van der Waals surface area contributed by atoms with Crippen LogP contribution >= 0.6 is 0 Å². The highest BCUT2D eigenvalue weighted by Crippen LogP contribution is 2.28. The molecule has 1 aromatic rings. The van der Waals surface area contributed by atoms with Gasteiger partial charge in [-0.3, -0.25) is 9.69 Å². The molecular formula is C15H20N4O2. The Labute approximate surface area is 123 Å². The number of anilines is 2. The average molecular weight is 288 g/mol. The van der Waals surface area contributed by atoms with Crippen molar-refractivity contribution in [2.24, 2.45) is 5.92 Å². The zero-order valence-electron chi connectivity index (χ0n) is 11.9. The van der Waals surface area contributed by atoms with Gasteiger partial charge in [-0.1, -0.05) is 12.1 Å². The molecule has 0 atom stereocenters. The van der Waals surface area contributed by atoms with Gasteiger partial charge in [-0.15, -0.1) is 0 Å². The molecule has 3 amide bonds. The van der Waals surface area contributed by atoms with Gasteiger partial charge in [-0.05, 0) is 30.9 Å². The first kappa shape index (κ1) is 13.7. The van der Waals surface area contributed by atoms with E-state index in [0.29, 0.717) is 30.4 Å². The van der Waals surface area contributed by atoms with Gasteiger partial charge in [-0.2, -0.15) is 0 Å². The third-order valence-corrected chi connectivity index (χ3v) is 3.94. The Bertz CT molecular complexity index is 556. The molecule has 0 spiro atoms. The first-order valence-electron chi connectivity index (χ1n) is 7.33. The second-order valence-corrected chi connectivity index (χ2v) is 5.66. The molecule has 1 saturated heterocycles. The van der Waals surface area contributed by atoms with Crippen molar-refractivity contribution in [3.63, 3.8) is 0 Å². The minimum absolute atomic E-state index is 0.0851. The number of hydrogen-bond acceptors (Lipinski definition) is 3. The van der Waals surface area contributed by atoms with Gasteiger partial charge in [0.1, 0.15) is 6.54 Å². The Kier molecular flexibility index (Phi) is 3.68. The summed E-state index contributed by atoms with van der Waals surface area (Å²) in [5, 5.41) is 2.88. The third kappa shape index (κ3) is 3.09. The van der Waals surface area contributed by atoms with E-state index >= 15 is 0 Å². The number of nitrogens with zero attached hydrogens (tertiary/aromatic N) is 2. The number of carbonyl (C=O) groups is 2. The fourth-order valence-corrected chi connectivity index (χ4v) is 2.50. The molecule has 3 rings (SSSR count). The van der Waals surface area contributed by atoms with Crippen LogP contribution in [0.3, 0.4) is 0 Å². The zero-order chi connectivity index (χ0) is 14.8. The van der Waals surface area contributed by atoms with Crippen molar-refractivity contribution < 1.29 is 9.59 Å². The Morgan fingerprint density at radius 3 is 2.76 bits per heavy atom. The molecule has 21 heavy (non-hydrogen) atoms. The molecule has 0 unspecified atom stereocenters. The van der Waals surface area contributed by atoms with E-state index in [1.54, 1.807) is 15.9 Å². The predicted molar refractivity (Wildman–Crippen MR) is 80.9 cm³/mol. The number of benzene rings is 1. The van der Waals surface area contributed by atoms with Crippen molar-refractivity contribution in [1.29, 1.82) is 0 Å². The summed E-state index contributed by atoms with van der Waals surface area (Å²) >= 11 is 0. The van der Waals surface area contributed by atoms with Gasteiger partial charge in [0.2, 0.25) is 5.91 Å². The Morgan fingerprint density at radius 2 is 2.05 bits per heavy atom. The number of urea groups is 1. The van der Waals surface area contributed by atoms with Crippen molar-refractivity contribution in [3.05, 3.63) is 24.3 Å². The van der Waals surface area contributed by atoms with Crippen LogP contribution < -0.4 is 16.0 Å². The van der Waals surface area contributed by atoms with E-state index in [2.05, 4.69) is 5.32 Å². The highest BCUT2D eigenvalue weighted by Gasteiger charge is 2.32. The quantitative estimate of drug-likeness (QED) is 0.795. The van der Waals surface area contributed by atoms with Gasteiger partial charge in [0.05, 0.1) is 11.4 Å². The number of nitrogens with one attached hydrogen (secondary N) is 1. The van der Waals surface area contributed by atoms with Crippen molar-refractivity contribution in [3.8, 4) is 0 Å². The number of hydrogen-bond donors (Lipinski definition) is 2. The second kappa shape index (κ2) is 5.63. The van der Waals surface area contributed by atoms with Crippen LogP contribution in [-0.2, 0) is 4.79 Å². The Morgan fingerprint density at radius 1 is 1.29 bits per heavy atom. The molecular weight excluding hydrogens is 268 g/mol. The molecule has 2 aliphatic rings. The number of nitrogens with two attached hydrogens (primary N) is 1. The monoisotopic (exact) mass is 288 g/mol. The van der Waals surface area contributed by atoms with Crippen LogP contribution in [0.2, 0.25) is 0 Å². The smallest absolute Gasteiger partial charge is 0.325 e. The van der Waals surface area contributed by atoms with Gasteiger partial charge < -0.3 is 16.0 Å². The van der Waals surface area contributed by atoms with E-state index in [0.717, 1.165) is 6.54 Å². The highest BCUT2D eigenvalue weighted by atomic mass is 16.2. The highest BCUT2D eigenvalue weighted by molar-refractivity contribution is 5.98. The second-order valence-electron chi connectivity index (χ2n) is 5.66. The van der Waals surface area contributed by atoms with Crippen molar-refractivity contribution in [1.82, 2.24) is 10.2 Å². The van der Waals surface area contributed by atoms with Gasteiger partial charge in [0.25, 0.3) is 0 Å². The maximum absolute atomic E-state index is 12.4. The summed E-state index contributed by atoms with van der Waals surface area (Å²) in [4.78, 5) is 27.4. The number of rotatable bonds is 5. The Balaban J connectivity index is 1.58. The molecule has 1 saturated carbocycles. The van der Waals surface area contributed by atoms with E-state index in [-0.39, 0.29) is 18.5 Å². The lowest BCUT2D eigenvalue weighted by molar-refractivity contribution is -0.121. The molecule has 0 radical (unpaired) electrons. The molecule has 1 aliphatic heterocycles. The van der Waals surface area contributed by atoms with Crippen LogP contribution in [0.5, 0.6) is 0 Å². The minimum atomic E-state index is -0.158. The van der Waals surface area contributed by atoms with Gasteiger partial charge in [0, 0.05) is 19.6 Å². The summed E-state index contributed by atoms with van der Waals surface area (Å²) in [6.45, 7) is 1.96. The fraction of sp³-hybridized carbons (Fsp3) is 0.467. The molecule has 112 valence electrons. The normalized spacial score (nSPS) is 18.2. The standard InChI is InChI=1S/C15H20N4O2/c16-12-3-1-2-4-13(12)19-8-7-18(15(19)21)10-14(20)17-9-11-5-6-11/h1-4,11H,5-10,16H2,(H,17,20). The molecule has 2 fully saturated rings. The molecule has 1 aliphatic carbocycles. The molecule has 6 heteroatoms. The summed E-state index contributed by atoms with van der Waals surface area (Å²) in [5.74, 6) is 0.557. The van der Waals surface area contributed by atoms with E-state index in [9.17, 15) is 9.59 Å². The topological polar surface area (TPSA) is 78.7 Å². The van der Waals surface area contributed by atoms with Crippen LogP contribution in [0.1, 0.15) is 12.8 Å². The van der Waals surface area contributed by atoms with Crippen molar-refractivity contribution in [2.45, 2.75) is 12.8 Å². The first-order valence-corrected chi connectivity index (χ1v) is 7.33. The first-order chi connectivity index (χ1) is 10.1. The number of nitrogen functional groups attached to an aromatic ring is 1. The average Bonchev–Trinajstić information content (AvgIpc) is 3.24. The molecule has 1 heterocycles. The van der Waals surface area contributed by atoms with Crippen molar-refractivity contribution >= 4 is 23.3 Å². The largest absolute Gasteiger partial charge is 0.397 e. The van der Waals surface area contributed by atoms with Crippen LogP contribution in [0.15, 0.2) is 24.3 Å². The summed E-state index contributed by atoms with van der Waals surface area (Å²) in [6, 6.07) is 7.12. The lowest BCUT2D eigenvalue weighted by Gasteiger charge is -2.19. The fourth-order valence-electron chi connectivity index (χ4n) is 2.50. The van der Waals surface area contributed by atoms with Gasteiger partial charge in [0.15, 0.2) is 0 Å².